The average Bonchev–Trinajstić information content (AvgIpc) is 2.73. The van der Waals surface area contributed by atoms with E-state index in [1.807, 2.05) is 11.8 Å². The van der Waals surface area contributed by atoms with Crippen molar-refractivity contribution in [3.8, 4) is 0 Å². The molecular formula is C13H15ClF3N. The second kappa shape index (κ2) is 5.00. The van der Waals surface area contributed by atoms with Crippen LogP contribution in [0.2, 0.25) is 0 Å². The number of anilines is 1. The maximum atomic E-state index is 12.9. The van der Waals surface area contributed by atoms with Crippen molar-refractivity contribution in [2.75, 3.05) is 11.4 Å². The maximum Gasteiger partial charge on any atom is 0.416 e. The van der Waals surface area contributed by atoms with Crippen LogP contribution in [-0.2, 0) is 12.1 Å². The molecule has 0 bridgehead atoms. The van der Waals surface area contributed by atoms with E-state index in [1.54, 1.807) is 6.07 Å². The summed E-state index contributed by atoms with van der Waals surface area (Å²) in [7, 11) is 0. The molecule has 0 radical (unpaired) electrons. The van der Waals surface area contributed by atoms with E-state index in [1.165, 1.54) is 12.1 Å². The summed E-state index contributed by atoms with van der Waals surface area (Å²) in [4.78, 5) is 2.02. The highest BCUT2D eigenvalue weighted by atomic mass is 35.5. The molecule has 0 aliphatic carbocycles. The number of nitrogens with zero attached hydrogens (tertiary/aromatic N) is 1. The van der Waals surface area contributed by atoms with Crippen molar-refractivity contribution < 1.29 is 13.2 Å². The predicted molar refractivity (Wildman–Crippen MR) is 67.0 cm³/mol. The minimum absolute atomic E-state index is 0.120. The molecule has 18 heavy (non-hydrogen) atoms. The lowest BCUT2D eigenvalue weighted by atomic mass is 10.1. The minimum Gasteiger partial charge on any atom is -0.369 e. The molecular weight excluding hydrogens is 263 g/mol. The largest absolute Gasteiger partial charge is 0.416 e. The Kier molecular flexibility index (Phi) is 3.76. The van der Waals surface area contributed by atoms with Crippen LogP contribution < -0.4 is 4.90 Å². The molecule has 1 saturated heterocycles. The lowest BCUT2D eigenvalue weighted by molar-refractivity contribution is -0.138. The van der Waals surface area contributed by atoms with Gasteiger partial charge in [0.2, 0.25) is 0 Å². The molecule has 1 heterocycles. The van der Waals surface area contributed by atoms with E-state index >= 15 is 0 Å². The number of hydrogen-bond acceptors (Lipinski definition) is 1. The number of benzene rings is 1. The number of rotatable bonds is 2. The quantitative estimate of drug-likeness (QED) is 0.723. The van der Waals surface area contributed by atoms with Gasteiger partial charge in [-0.25, -0.2) is 0 Å². The van der Waals surface area contributed by atoms with Crippen molar-refractivity contribution in [2.24, 2.45) is 0 Å². The zero-order chi connectivity index (χ0) is 13.3. The lowest BCUT2D eigenvalue weighted by Crippen LogP contribution is -2.26. The fraction of sp³-hybridized carbons (Fsp3) is 0.538. The summed E-state index contributed by atoms with van der Waals surface area (Å²) < 4.78 is 38.8. The first-order valence-corrected chi connectivity index (χ1v) is 6.49. The van der Waals surface area contributed by atoms with Crippen LogP contribution in [0.25, 0.3) is 0 Å². The summed E-state index contributed by atoms with van der Waals surface area (Å²) in [6.07, 6.45) is -2.29. The van der Waals surface area contributed by atoms with Crippen LogP contribution in [-0.4, -0.2) is 12.6 Å². The molecule has 2 rings (SSSR count). The van der Waals surface area contributed by atoms with Crippen LogP contribution in [0.3, 0.4) is 0 Å². The molecule has 5 heteroatoms. The molecule has 1 unspecified atom stereocenters. The molecule has 1 aliphatic rings. The summed E-state index contributed by atoms with van der Waals surface area (Å²) in [5.74, 6) is -0.120. The second-order valence-corrected chi connectivity index (χ2v) is 4.92. The van der Waals surface area contributed by atoms with Crippen molar-refractivity contribution in [3.05, 3.63) is 29.3 Å². The smallest absolute Gasteiger partial charge is 0.369 e. The summed E-state index contributed by atoms with van der Waals surface area (Å²) in [5.41, 5.74) is 0.162. The molecule has 0 aromatic heterocycles. The predicted octanol–water partition coefficient (Wildman–Crippen LogP) is 4.43. The number of alkyl halides is 4. The third kappa shape index (κ3) is 2.58. The summed E-state index contributed by atoms with van der Waals surface area (Å²) in [5, 5.41) is 0. The monoisotopic (exact) mass is 277 g/mol. The van der Waals surface area contributed by atoms with Gasteiger partial charge in [-0.2, -0.15) is 13.2 Å². The maximum absolute atomic E-state index is 12.9. The Hall–Kier alpha value is -0.900. The molecule has 0 amide bonds. The number of halogens is 4. The first-order chi connectivity index (χ1) is 8.43. The Morgan fingerprint density at radius 3 is 2.61 bits per heavy atom. The van der Waals surface area contributed by atoms with Gasteiger partial charge in [0.15, 0.2) is 0 Å². The fourth-order valence-corrected chi connectivity index (χ4v) is 2.67. The van der Waals surface area contributed by atoms with Gasteiger partial charge in [-0.1, -0.05) is 6.07 Å². The SMILES string of the molecule is CC1CCCN1c1ccc(CCl)c(C(F)(F)F)c1. The molecule has 100 valence electrons. The Labute approximate surface area is 110 Å². The van der Waals surface area contributed by atoms with Crippen LogP contribution in [0, 0.1) is 0 Å². The lowest BCUT2D eigenvalue weighted by Gasteiger charge is -2.25. The standard InChI is InChI=1S/C13H15ClF3N/c1-9-3-2-6-18(9)11-5-4-10(8-14)12(7-11)13(15,16)17/h4-5,7,9H,2-3,6,8H2,1H3. The third-order valence-corrected chi connectivity index (χ3v) is 3.72. The van der Waals surface area contributed by atoms with Crippen molar-refractivity contribution >= 4 is 17.3 Å². The zero-order valence-corrected chi connectivity index (χ0v) is 10.9. The topological polar surface area (TPSA) is 3.24 Å². The normalized spacial score (nSPS) is 20.5. The Morgan fingerprint density at radius 1 is 1.39 bits per heavy atom. The van der Waals surface area contributed by atoms with E-state index in [0.29, 0.717) is 11.7 Å². The van der Waals surface area contributed by atoms with Gasteiger partial charge in [-0.05, 0) is 37.5 Å². The first-order valence-electron chi connectivity index (χ1n) is 5.96. The average molecular weight is 278 g/mol. The summed E-state index contributed by atoms with van der Waals surface area (Å²) in [6.45, 7) is 2.86. The van der Waals surface area contributed by atoms with Gasteiger partial charge in [0.1, 0.15) is 0 Å². The molecule has 0 saturated carbocycles. The Bertz CT molecular complexity index is 431. The van der Waals surface area contributed by atoms with Gasteiger partial charge in [0.25, 0.3) is 0 Å². The molecule has 0 N–H and O–H groups in total. The van der Waals surface area contributed by atoms with E-state index in [2.05, 4.69) is 0 Å². The molecule has 1 aromatic carbocycles. The molecule has 1 aliphatic heterocycles. The number of hydrogen-bond donors (Lipinski definition) is 0. The van der Waals surface area contributed by atoms with Crippen molar-refractivity contribution in [1.82, 2.24) is 0 Å². The van der Waals surface area contributed by atoms with Crippen LogP contribution in [0.4, 0.5) is 18.9 Å². The Morgan fingerprint density at radius 2 is 2.11 bits per heavy atom. The minimum atomic E-state index is -4.34. The van der Waals surface area contributed by atoms with E-state index in [4.69, 9.17) is 11.6 Å². The van der Waals surface area contributed by atoms with Crippen molar-refractivity contribution in [2.45, 2.75) is 37.9 Å². The third-order valence-electron chi connectivity index (χ3n) is 3.43. The highest BCUT2D eigenvalue weighted by Crippen LogP contribution is 2.36. The van der Waals surface area contributed by atoms with Gasteiger partial charge in [0.05, 0.1) is 5.56 Å². The van der Waals surface area contributed by atoms with Gasteiger partial charge in [-0.3, -0.25) is 0 Å². The van der Waals surface area contributed by atoms with Crippen molar-refractivity contribution in [3.63, 3.8) is 0 Å². The zero-order valence-electron chi connectivity index (χ0n) is 10.1. The van der Waals surface area contributed by atoms with E-state index in [9.17, 15) is 13.2 Å². The van der Waals surface area contributed by atoms with E-state index < -0.39 is 11.7 Å². The fourth-order valence-electron chi connectivity index (χ4n) is 2.44. The highest BCUT2D eigenvalue weighted by molar-refractivity contribution is 6.17. The van der Waals surface area contributed by atoms with E-state index in [-0.39, 0.29) is 11.4 Å². The van der Waals surface area contributed by atoms with Crippen LogP contribution in [0.5, 0.6) is 0 Å². The molecule has 0 spiro atoms. The second-order valence-electron chi connectivity index (χ2n) is 4.66. The van der Waals surface area contributed by atoms with Crippen molar-refractivity contribution in [1.29, 1.82) is 0 Å². The van der Waals surface area contributed by atoms with Gasteiger partial charge in [0, 0.05) is 24.2 Å². The Balaban J connectivity index is 2.39. The molecule has 1 fully saturated rings. The van der Waals surface area contributed by atoms with Crippen LogP contribution >= 0.6 is 11.6 Å². The molecule has 1 nitrogen and oxygen atoms in total. The summed E-state index contributed by atoms with van der Waals surface area (Å²) >= 11 is 5.57. The van der Waals surface area contributed by atoms with Gasteiger partial charge < -0.3 is 4.90 Å². The molecule has 1 aromatic rings. The van der Waals surface area contributed by atoms with E-state index in [0.717, 1.165) is 19.4 Å². The van der Waals surface area contributed by atoms with Gasteiger partial charge in [-0.15, -0.1) is 11.6 Å². The van der Waals surface area contributed by atoms with Gasteiger partial charge >= 0.3 is 6.18 Å². The van der Waals surface area contributed by atoms with Crippen LogP contribution in [0.15, 0.2) is 18.2 Å². The highest BCUT2D eigenvalue weighted by Gasteiger charge is 2.34. The summed E-state index contributed by atoms with van der Waals surface area (Å²) in [6, 6.07) is 4.73. The van der Waals surface area contributed by atoms with Crippen LogP contribution in [0.1, 0.15) is 30.9 Å². The first kappa shape index (κ1) is 13.5. The molecule has 1 atom stereocenters.